The van der Waals surface area contributed by atoms with Crippen LogP contribution in [-0.4, -0.2) is 54.3 Å². The Balaban J connectivity index is 1.23. The highest BCUT2D eigenvalue weighted by atomic mass is 32.2. The number of sulfone groups is 1. The Morgan fingerprint density at radius 2 is 2.08 bits per heavy atom. The Morgan fingerprint density at radius 3 is 2.69 bits per heavy atom. The zero-order valence-corrected chi connectivity index (χ0v) is 15.9. The van der Waals surface area contributed by atoms with E-state index in [1.165, 1.54) is 5.56 Å². The molecule has 2 aliphatic heterocycles. The lowest BCUT2D eigenvalue weighted by molar-refractivity contribution is -0.123. The molecule has 0 radical (unpaired) electrons. The van der Waals surface area contributed by atoms with Crippen LogP contribution in [0.5, 0.6) is 0 Å². The highest BCUT2D eigenvalue weighted by Gasteiger charge is 2.47. The van der Waals surface area contributed by atoms with Gasteiger partial charge in [0.2, 0.25) is 5.91 Å². The number of hydrogen-bond donors (Lipinski definition) is 1. The minimum Gasteiger partial charge on any atom is -0.352 e. The fourth-order valence-electron chi connectivity index (χ4n) is 4.81. The van der Waals surface area contributed by atoms with Gasteiger partial charge in [-0.2, -0.15) is 0 Å². The topological polar surface area (TPSA) is 79.4 Å². The molecule has 2 saturated heterocycles. The van der Waals surface area contributed by atoms with Crippen LogP contribution >= 0.6 is 0 Å². The molecule has 3 fully saturated rings. The van der Waals surface area contributed by atoms with Crippen molar-refractivity contribution in [3.63, 3.8) is 0 Å². The SMILES string of the molecule is O=C(NC1CC2(CCN(Cc3cccnc3)CC2)C1)C1CCCS1(=O)=O. The number of likely N-dealkylation sites (tertiary alicyclic amines) is 1. The number of nitrogens with one attached hydrogen (secondary N) is 1. The van der Waals surface area contributed by atoms with Crippen LogP contribution in [0, 0.1) is 5.41 Å². The molecule has 1 aromatic heterocycles. The molecule has 1 amide bonds. The van der Waals surface area contributed by atoms with Crippen molar-refractivity contribution in [2.24, 2.45) is 5.41 Å². The Bertz CT molecular complexity index is 749. The molecule has 1 aromatic rings. The summed E-state index contributed by atoms with van der Waals surface area (Å²) in [6, 6.07) is 4.25. The molecule has 0 bridgehead atoms. The lowest BCUT2D eigenvalue weighted by Crippen LogP contribution is -2.56. The predicted octanol–water partition coefficient (Wildman–Crippen LogP) is 1.52. The third-order valence-electron chi connectivity index (χ3n) is 6.37. The summed E-state index contributed by atoms with van der Waals surface area (Å²) in [5, 5.41) is 2.19. The normalized spacial score (nSPS) is 27.9. The van der Waals surface area contributed by atoms with Crippen LogP contribution < -0.4 is 5.32 Å². The van der Waals surface area contributed by atoms with Crippen molar-refractivity contribution in [2.75, 3.05) is 18.8 Å². The second-order valence-electron chi connectivity index (χ2n) is 8.25. The molecule has 3 heterocycles. The van der Waals surface area contributed by atoms with Crippen molar-refractivity contribution in [3.8, 4) is 0 Å². The van der Waals surface area contributed by atoms with Gasteiger partial charge in [0.25, 0.3) is 0 Å². The van der Waals surface area contributed by atoms with Crippen LogP contribution in [0.15, 0.2) is 24.5 Å². The molecule has 0 aromatic carbocycles. The summed E-state index contributed by atoms with van der Waals surface area (Å²) in [6.07, 6.45) is 9.11. The van der Waals surface area contributed by atoms with Gasteiger partial charge in [-0.25, -0.2) is 8.42 Å². The Hall–Kier alpha value is -1.47. The van der Waals surface area contributed by atoms with E-state index in [0.717, 1.165) is 45.3 Å². The average molecular weight is 378 g/mol. The minimum atomic E-state index is -3.21. The van der Waals surface area contributed by atoms with Crippen LogP contribution in [-0.2, 0) is 21.2 Å². The number of carbonyl (C=O) groups excluding carboxylic acids is 1. The fourth-order valence-corrected chi connectivity index (χ4v) is 6.58. The lowest BCUT2D eigenvalue weighted by atomic mass is 9.60. The molecule has 3 aliphatic rings. The van der Waals surface area contributed by atoms with Gasteiger partial charge in [0.15, 0.2) is 9.84 Å². The van der Waals surface area contributed by atoms with Crippen molar-refractivity contribution < 1.29 is 13.2 Å². The Kier molecular flexibility index (Phi) is 4.77. The third kappa shape index (κ3) is 3.64. The van der Waals surface area contributed by atoms with Gasteiger partial charge in [0.1, 0.15) is 5.25 Å². The van der Waals surface area contributed by atoms with E-state index < -0.39 is 15.1 Å². The first-order valence-corrected chi connectivity index (χ1v) is 11.3. The largest absolute Gasteiger partial charge is 0.352 e. The lowest BCUT2D eigenvalue weighted by Gasteiger charge is -2.52. The van der Waals surface area contributed by atoms with Crippen molar-refractivity contribution in [2.45, 2.75) is 56.4 Å². The molecule has 1 atom stereocenters. The van der Waals surface area contributed by atoms with Crippen LogP contribution in [0.3, 0.4) is 0 Å². The van der Waals surface area contributed by atoms with Crippen LogP contribution in [0.25, 0.3) is 0 Å². The van der Waals surface area contributed by atoms with Crippen molar-refractivity contribution in [1.29, 1.82) is 0 Å². The van der Waals surface area contributed by atoms with Gasteiger partial charge in [0.05, 0.1) is 5.75 Å². The van der Waals surface area contributed by atoms with E-state index in [0.29, 0.717) is 18.3 Å². The number of rotatable bonds is 4. The van der Waals surface area contributed by atoms with E-state index in [-0.39, 0.29) is 17.7 Å². The first-order chi connectivity index (χ1) is 12.5. The number of carbonyl (C=O) groups is 1. The van der Waals surface area contributed by atoms with Gasteiger partial charge in [-0.05, 0) is 68.7 Å². The molecule has 26 heavy (non-hydrogen) atoms. The highest BCUT2D eigenvalue weighted by molar-refractivity contribution is 7.93. The summed E-state index contributed by atoms with van der Waals surface area (Å²) in [5.41, 5.74) is 1.60. The number of hydrogen-bond acceptors (Lipinski definition) is 5. The third-order valence-corrected chi connectivity index (χ3v) is 8.55. The van der Waals surface area contributed by atoms with E-state index in [2.05, 4.69) is 21.3 Å². The van der Waals surface area contributed by atoms with Crippen molar-refractivity contribution >= 4 is 15.7 Å². The number of aromatic nitrogens is 1. The minimum absolute atomic E-state index is 0.156. The number of nitrogens with zero attached hydrogens (tertiary/aromatic N) is 2. The first kappa shape index (κ1) is 17.9. The summed E-state index contributed by atoms with van der Waals surface area (Å²) in [5.74, 6) is -0.108. The zero-order chi connectivity index (χ0) is 18.2. The number of amides is 1. The Labute approximate surface area is 155 Å². The summed E-state index contributed by atoms with van der Waals surface area (Å²) in [6.45, 7) is 3.10. The second-order valence-corrected chi connectivity index (χ2v) is 10.6. The van der Waals surface area contributed by atoms with Gasteiger partial charge in [-0.3, -0.25) is 14.7 Å². The molecular formula is C19H27N3O3S. The fraction of sp³-hybridized carbons (Fsp3) is 0.684. The van der Waals surface area contributed by atoms with E-state index in [1.54, 1.807) is 6.20 Å². The Morgan fingerprint density at radius 1 is 1.31 bits per heavy atom. The summed E-state index contributed by atoms with van der Waals surface area (Å²) < 4.78 is 23.8. The van der Waals surface area contributed by atoms with Crippen molar-refractivity contribution in [1.82, 2.24) is 15.2 Å². The van der Waals surface area contributed by atoms with Gasteiger partial charge < -0.3 is 5.32 Å². The van der Waals surface area contributed by atoms with Crippen LogP contribution in [0.1, 0.15) is 44.1 Å². The molecular weight excluding hydrogens is 350 g/mol. The number of piperidine rings is 1. The van der Waals surface area contributed by atoms with E-state index in [4.69, 9.17) is 0 Å². The second kappa shape index (κ2) is 6.93. The van der Waals surface area contributed by atoms with E-state index in [1.807, 2.05) is 12.3 Å². The summed E-state index contributed by atoms with van der Waals surface area (Å²) in [4.78, 5) is 18.9. The van der Waals surface area contributed by atoms with Gasteiger partial charge >= 0.3 is 0 Å². The number of pyridine rings is 1. The maximum absolute atomic E-state index is 12.3. The van der Waals surface area contributed by atoms with Gasteiger partial charge in [-0.1, -0.05) is 6.07 Å². The highest BCUT2D eigenvalue weighted by Crippen LogP contribution is 2.49. The van der Waals surface area contributed by atoms with Gasteiger partial charge in [0, 0.05) is 25.0 Å². The first-order valence-electron chi connectivity index (χ1n) is 9.59. The molecule has 1 saturated carbocycles. The average Bonchev–Trinajstić information content (AvgIpc) is 2.95. The maximum Gasteiger partial charge on any atom is 0.238 e. The van der Waals surface area contributed by atoms with Gasteiger partial charge in [-0.15, -0.1) is 0 Å². The van der Waals surface area contributed by atoms with Crippen LogP contribution in [0.2, 0.25) is 0 Å². The van der Waals surface area contributed by atoms with E-state index >= 15 is 0 Å². The standard InChI is InChI=1S/C19H27N3O3S/c23-18(17-4-2-10-26(17,24)25)21-16-11-19(12-16)5-8-22(9-6-19)14-15-3-1-7-20-13-15/h1,3,7,13,16-17H,2,4-6,8-12,14H2,(H,21,23). The van der Waals surface area contributed by atoms with E-state index in [9.17, 15) is 13.2 Å². The van der Waals surface area contributed by atoms with Crippen molar-refractivity contribution in [3.05, 3.63) is 30.1 Å². The molecule has 1 unspecified atom stereocenters. The van der Waals surface area contributed by atoms with Crippen LogP contribution in [0.4, 0.5) is 0 Å². The smallest absolute Gasteiger partial charge is 0.238 e. The molecule has 1 spiro atoms. The molecule has 1 N–H and O–H groups in total. The predicted molar refractivity (Wildman–Crippen MR) is 99.2 cm³/mol. The zero-order valence-electron chi connectivity index (χ0n) is 15.1. The maximum atomic E-state index is 12.3. The monoisotopic (exact) mass is 377 g/mol. The molecule has 1 aliphatic carbocycles. The molecule has 6 nitrogen and oxygen atoms in total. The quantitative estimate of drug-likeness (QED) is 0.861. The molecule has 142 valence electrons. The summed E-state index contributed by atoms with van der Waals surface area (Å²) >= 11 is 0. The summed E-state index contributed by atoms with van der Waals surface area (Å²) in [7, 11) is -3.21. The molecule has 4 rings (SSSR count). The molecule has 7 heteroatoms.